The lowest BCUT2D eigenvalue weighted by Crippen LogP contribution is -2.27. The van der Waals surface area contributed by atoms with Gasteiger partial charge in [0.05, 0.1) is 19.3 Å². The quantitative estimate of drug-likeness (QED) is 0.919. The summed E-state index contributed by atoms with van der Waals surface area (Å²) in [6.45, 7) is 2.91. The number of methoxy groups -OCH3 is 1. The lowest BCUT2D eigenvalue weighted by atomic mass is 10.1. The van der Waals surface area contributed by atoms with Crippen molar-refractivity contribution in [1.29, 1.82) is 0 Å². The molecule has 1 fully saturated rings. The molecule has 2 unspecified atom stereocenters. The van der Waals surface area contributed by atoms with Gasteiger partial charge in [-0.05, 0) is 25.5 Å². The van der Waals surface area contributed by atoms with Crippen molar-refractivity contribution in [3.05, 3.63) is 30.5 Å². The molecule has 2 atom stereocenters. The number of ether oxygens (including phenoxy) is 2. The molecule has 2 heterocycles. The summed E-state index contributed by atoms with van der Waals surface area (Å²) in [7, 11) is 1.69. The van der Waals surface area contributed by atoms with E-state index in [0.717, 1.165) is 35.4 Å². The fraction of sp³-hybridized carbons (Fsp3) is 0.400. The minimum Gasteiger partial charge on any atom is -0.496 e. The minimum absolute atomic E-state index is 0.225. The second-order valence-corrected chi connectivity index (χ2v) is 4.83. The Labute approximate surface area is 112 Å². The van der Waals surface area contributed by atoms with Crippen molar-refractivity contribution >= 4 is 16.6 Å². The predicted molar refractivity (Wildman–Crippen MR) is 75.7 cm³/mol. The second kappa shape index (κ2) is 5.05. The first-order valence-electron chi connectivity index (χ1n) is 6.59. The summed E-state index contributed by atoms with van der Waals surface area (Å²) < 4.78 is 11.0. The second-order valence-electron chi connectivity index (χ2n) is 4.83. The highest BCUT2D eigenvalue weighted by Crippen LogP contribution is 2.30. The monoisotopic (exact) mass is 258 g/mol. The zero-order valence-corrected chi connectivity index (χ0v) is 11.2. The van der Waals surface area contributed by atoms with Crippen LogP contribution in [0.25, 0.3) is 10.8 Å². The SMILES string of the molecule is COc1cccc2c(NC3CCOC3C)nccc12. The molecular formula is C15H18N2O2. The Morgan fingerprint density at radius 1 is 1.32 bits per heavy atom. The smallest absolute Gasteiger partial charge is 0.134 e. The molecule has 19 heavy (non-hydrogen) atoms. The standard InChI is InChI=1S/C15H18N2O2/c1-10-13(7-9-19-10)17-15-12-4-3-5-14(18-2)11(12)6-8-16-15/h3-6,8,10,13H,7,9H2,1-2H3,(H,16,17). The van der Waals surface area contributed by atoms with E-state index in [1.54, 1.807) is 7.11 Å². The molecule has 0 spiro atoms. The Bertz CT molecular complexity index is 585. The summed E-state index contributed by atoms with van der Waals surface area (Å²) >= 11 is 0. The summed E-state index contributed by atoms with van der Waals surface area (Å²) in [6.07, 6.45) is 3.05. The van der Waals surface area contributed by atoms with Gasteiger partial charge in [0.1, 0.15) is 11.6 Å². The van der Waals surface area contributed by atoms with Crippen LogP contribution >= 0.6 is 0 Å². The van der Waals surface area contributed by atoms with Gasteiger partial charge in [-0.15, -0.1) is 0 Å². The van der Waals surface area contributed by atoms with Gasteiger partial charge in [0, 0.05) is 23.6 Å². The van der Waals surface area contributed by atoms with Gasteiger partial charge in [0.2, 0.25) is 0 Å². The molecule has 4 heteroatoms. The summed E-state index contributed by atoms with van der Waals surface area (Å²) in [5.41, 5.74) is 0. The van der Waals surface area contributed by atoms with Crippen LogP contribution in [0.4, 0.5) is 5.82 Å². The summed E-state index contributed by atoms with van der Waals surface area (Å²) in [6, 6.07) is 8.32. The van der Waals surface area contributed by atoms with Gasteiger partial charge in [-0.25, -0.2) is 4.98 Å². The fourth-order valence-corrected chi connectivity index (χ4v) is 2.57. The summed E-state index contributed by atoms with van der Waals surface area (Å²) in [5, 5.41) is 5.66. The van der Waals surface area contributed by atoms with Crippen LogP contribution in [0.3, 0.4) is 0 Å². The largest absolute Gasteiger partial charge is 0.496 e. The maximum absolute atomic E-state index is 5.58. The van der Waals surface area contributed by atoms with Crippen LogP contribution in [0, 0.1) is 0 Å². The number of hydrogen-bond donors (Lipinski definition) is 1. The van der Waals surface area contributed by atoms with E-state index < -0.39 is 0 Å². The first-order chi connectivity index (χ1) is 9.29. The van der Waals surface area contributed by atoms with E-state index in [1.807, 2.05) is 24.4 Å². The maximum atomic E-state index is 5.58. The molecule has 0 saturated carbocycles. The van der Waals surface area contributed by atoms with Crippen molar-refractivity contribution in [2.45, 2.75) is 25.5 Å². The molecule has 0 radical (unpaired) electrons. The van der Waals surface area contributed by atoms with E-state index in [2.05, 4.69) is 23.3 Å². The van der Waals surface area contributed by atoms with Gasteiger partial charge in [-0.1, -0.05) is 12.1 Å². The van der Waals surface area contributed by atoms with Crippen LogP contribution in [0.1, 0.15) is 13.3 Å². The van der Waals surface area contributed by atoms with Crippen molar-refractivity contribution in [2.75, 3.05) is 19.0 Å². The normalized spacial score (nSPS) is 22.6. The van der Waals surface area contributed by atoms with Crippen LogP contribution in [0.15, 0.2) is 30.5 Å². The summed E-state index contributed by atoms with van der Waals surface area (Å²) in [5.74, 6) is 1.78. The minimum atomic E-state index is 0.225. The van der Waals surface area contributed by atoms with Crippen molar-refractivity contribution < 1.29 is 9.47 Å². The first kappa shape index (κ1) is 12.2. The molecular weight excluding hydrogens is 240 g/mol. The molecule has 0 amide bonds. The topological polar surface area (TPSA) is 43.4 Å². The Kier molecular flexibility index (Phi) is 3.25. The molecule has 1 aliphatic heterocycles. The number of anilines is 1. The Balaban J connectivity index is 1.99. The zero-order valence-electron chi connectivity index (χ0n) is 11.2. The number of nitrogens with one attached hydrogen (secondary N) is 1. The molecule has 1 N–H and O–H groups in total. The van der Waals surface area contributed by atoms with Gasteiger partial charge in [0.25, 0.3) is 0 Å². The Hall–Kier alpha value is -1.81. The van der Waals surface area contributed by atoms with Crippen molar-refractivity contribution in [3.8, 4) is 5.75 Å². The Morgan fingerprint density at radius 2 is 2.21 bits per heavy atom. The third-order valence-corrected chi connectivity index (χ3v) is 3.68. The zero-order chi connectivity index (χ0) is 13.2. The maximum Gasteiger partial charge on any atom is 0.134 e. The number of pyridine rings is 1. The number of nitrogens with zero attached hydrogens (tertiary/aromatic N) is 1. The van der Waals surface area contributed by atoms with E-state index in [0.29, 0.717) is 6.04 Å². The molecule has 1 saturated heterocycles. The van der Waals surface area contributed by atoms with Crippen LogP contribution in [-0.2, 0) is 4.74 Å². The average molecular weight is 258 g/mol. The van der Waals surface area contributed by atoms with Crippen LogP contribution in [-0.4, -0.2) is 30.8 Å². The number of hydrogen-bond acceptors (Lipinski definition) is 4. The van der Waals surface area contributed by atoms with Crippen molar-refractivity contribution in [1.82, 2.24) is 4.98 Å². The first-order valence-corrected chi connectivity index (χ1v) is 6.59. The summed E-state index contributed by atoms with van der Waals surface area (Å²) in [4.78, 5) is 4.46. The molecule has 0 aliphatic carbocycles. The lowest BCUT2D eigenvalue weighted by Gasteiger charge is -2.18. The van der Waals surface area contributed by atoms with E-state index in [-0.39, 0.29) is 6.10 Å². The third-order valence-electron chi connectivity index (χ3n) is 3.68. The van der Waals surface area contributed by atoms with Crippen LogP contribution in [0.5, 0.6) is 5.75 Å². The molecule has 4 nitrogen and oxygen atoms in total. The highest BCUT2D eigenvalue weighted by molar-refractivity contribution is 5.95. The van der Waals surface area contributed by atoms with Crippen LogP contribution in [0.2, 0.25) is 0 Å². The average Bonchev–Trinajstić information content (AvgIpc) is 2.84. The number of rotatable bonds is 3. The molecule has 0 bridgehead atoms. The van der Waals surface area contributed by atoms with Gasteiger partial charge in [-0.3, -0.25) is 0 Å². The molecule has 100 valence electrons. The number of fused-ring (bicyclic) bond motifs is 1. The van der Waals surface area contributed by atoms with E-state index in [9.17, 15) is 0 Å². The number of aromatic nitrogens is 1. The van der Waals surface area contributed by atoms with E-state index in [1.165, 1.54) is 0 Å². The molecule has 1 aromatic carbocycles. The molecule has 3 rings (SSSR count). The number of benzene rings is 1. The predicted octanol–water partition coefficient (Wildman–Crippen LogP) is 2.83. The van der Waals surface area contributed by atoms with Crippen molar-refractivity contribution in [2.24, 2.45) is 0 Å². The van der Waals surface area contributed by atoms with Gasteiger partial charge < -0.3 is 14.8 Å². The van der Waals surface area contributed by atoms with Gasteiger partial charge in [0.15, 0.2) is 0 Å². The lowest BCUT2D eigenvalue weighted by molar-refractivity contribution is 0.121. The molecule has 1 aromatic heterocycles. The van der Waals surface area contributed by atoms with Gasteiger partial charge >= 0.3 is 0 Å². The van der Waals surface area contributed by atoms with Crippen LogP contribution < -0.4 is 10.1 Å². The fourth-order valence-electron chi connectivity index (χ4n) is 2.57. The molecule has 2 aromatic rings. The van der Waals surface area contributed by atoms with E-state index in [4.69, 9.17) is 9.47 Å². The van der Waals surface area contributed by atoms with Gasteiger partial charge in [-0.2, -0.15) is 0 Å². The third kappa shape index (κ3) is 2.24. The van der Waals surface area contributed by atoms with Crippen molar-refractivity contribution in [3.63, 3.8) is 0 Å². The highest BCUT2D eigenvalue weighted by Gasteiger charge is 2.24. The molecule has 1 aliphatic rings. The Morgan fingerprint density at radius 3 is 2.95 bits per heavy atom. The van der Waals surface area contributed by atoms with E-state index >= 15 is 0 Å². The highest BCUT2D eigenvalue weighted by atomic mass is 16.5.